The highest BCUT2D eigenvalue weighted by atomic mass is 16.2. The highest BCUT2D eigenvalue weighted by molar-refractivity contribution is 6.22. The number of hydrogen-bond acceptors (Lipinski definition) is 4. The van der Waals surface area contributed by atoms with E-state index in [1.165, 1.54) is 0 Å². The monoisotopic (exact) mass is 425 g/mol. The second kappa shape index (κ2) is 8.04. The number of piperidine rings is 1. The number of rotatable bonds is 3. The Morgan fingerprint density at radius 2 is 1.66 bits per heavy atom. The van der Waals surface area contributed by atoms with E-state index < -0.39 is 0 Å². The number of likely N-dealkylation sites (tertiary alicyclic amines) is 1. The number of fused-ring (bicyclic) bond motifs is 3. The summed E-state index contributed by atoms with van der Waals surface area (Å²) in [5.41, 5.74) is 4.60. The first-order valence-corrected chi connectivity index (χ1v) is 10.8. The van der Waals surface area contributed by atoms with E-state index in [1.54, 1.807) is 29.3 Å². The minimum absolute atomic E-state index is 0.0367. The highest BCUT2D eigenvalue weighted by Gasteiger charge is 2.30. The predicted molar refractivity (Wildman–Crippen MR) is 122 cm³/mol. The minimum atomic E-state index is -0.154. The average molecular weight is 425 g/mol. The molecule has 0 saturated carbocycles. The van der Waals surface area contributed by atoms with Gasteiger partial charge in [-0.3, -0.25) is 14.4 Å². The second-order valence-corrected chi connectivity index (χ2v) is 8.41. The Morgan fingerprint density at radius 3 is 2.38 bits per heavy atom. The summed E-state index contributed by atoms with van der Waals surface area (Å²) in [5.74, 6) is 0.191. The molecule has 6 heteroatoms. The molecule has 2 amide bonds. The standard InChI is InChI=1S/C26H23N3O3/c1-16-6-9-23(27-15-16)28-25(31)17-10-12-29(13-11-17)26(32)18-7-8-20-19-4-2-3-5-21(19)24(30)22(20)14-18/h2-9,14-15,17H,10-13H2,1H3,(H,27,28,31). The Morgan fingerprint density at radius 1 is 0.938 bits per heavy atom. The molecule has 2 heterocycles. The van der Waals surface area contributed by atoms with Crippen LogP contribution in [0.2, 0.25) is 0 Å². The maximum Gasteiger partial charge on any atom is 0.253 e. The Balaban J connectivity index is 1.24. The number of anilines is 1. The molecule has 1 fully saturated rings. The third-order valence-electron chi connectivity index (χ3n) is 6.29. The van der Waals surface area contributed by atoms with Gasteiger partial charge in [0.25, 0.3) is 5.91 Å². The molecule has 32 heavy (non-hydrogen) atoms. The zero-order valence-corrected chi connectivity index (χ0v) is 17.8. The van der Waals surface area contributed by atoms with Crippen LogP contribution in [-0.4, -0.2) is 40.6 Å². The molecule has 0 unspecified atom stereocenters. The number of aryl methyl sites for hydroxylation is 1. The van der Waals surface area contributed by atoms with Gasteiger partial charge in [-0.15, -0.1) is 0 Å². The largest absolute Gasteiger partial charge is 0.339 e. The van der Waals surface area contributed by atoms with Gasteiger partial charge in [0.1, 0.15) is 5.82 Å². The van der Waals surface area contributed by atoms with Crippen molar-refractivity contribution in [3.8, 4) is 11.1 Å². The summed E-state index contributed by atoms with van der Waals surface area (Å²) < 4.78 is 0. The van der Waals surface area contributed by atoms with Crippen molar-refractivity contribution in [1.29, 1.82) is 0 Å². The summed E-state index contributed by atoms with van der Waals surface area (Å²) >= 11 is 0. The molecular formula is C26H23N3O3. The van der Waals surface area contributed by atoms with Crippen molar-refractivity contribution in [3.63, 3.8) is 0 Å². The molecule has 1 N–H and O–H groups in total. The van der Waals surface area contributed by atoms with Gasteiger partial charge in [0, 0.05) is 41.9 Å². The van der Waals surface area contributed by atoms with Crippen molar-refractivity contribution < 1.29 is 14.4 Å². The third kappa shape index (κ3) is 3.58. The zero-order valence-electron chi connectivity index (χ0n) is 17.8. The van der Waals surface area contributed by atoms with Gasteiger partial charge in [-0.05, 0) is 54.7 Å². The van der Waals surface area contributed by atoms with E-state index in [4.69, 9.17) is 0 Å². The van der Waals surface area contributed by atoms with Crippen LogP contribution in [0.4, 0.5) is 5.82 Å². The van der Waals surface area contributed by atoms with Crippen LogP contribution >= 0.6 is 0 Å². The van der Waals surface area contributed by atoms with Gasteiger partial charge in [0.2, 0.25) is 5.91 Å². The van der Waals surface area contributed by atoms with E-state index >= 15 is 0 Å². The molecule has 160 valence electrons. The molecule has 0 atom stereocenters. The molecule has 5 rings (SSSR count). The number of pyridine rings is 1. The van der Waals surface area contributed by atoms with E-state index in [0.29, 0.717) is 48.4 Å². The first-order valence-electron chi connectivity index (χ1n) is 10.8. The quantitative estimate of drug-likeness (QED) is 0.536. The summed E-state index contributed by atoms with van der Waals surface area (Å²) in [5, 5.41) is 2.87. The first-order chi connectivity index (χ1) is 15.5. The molecule has 1 saturated heterocycles. The molecule has 2 aliphatic rings. The number of nitrogens with zero attached hydrogens (tertiary/aromatic N) is 2. The van der Waals surface area contributed by atoms with Crippen LogP contribution in [0.5, 0.6) is 0 Å². The van der Waals surface area contributed by atoms with Crippen LogP contribution in [0.25, 0.3) is 11.1 Å². The van der Waals surface area contributed by atoms with E-state index in [9.17, 15) is 14.4 Å². The van der Waals surface area contributed by atoms with Crippen LogP contribution in [0.1, 0.15) is 44.7 Å². The van der Waals surface area contributed by atoms with E-state index in [0.717, 1.165) is 16.7 Å². The number of ketones is 1. The Hall–Kier alpha value is -3.80. The lowest BCUT2D eigenvalue weighted by atomic mass is 9.95. The fraction of sp³-hybridized carbons (Fsp3) is 0.231. The lowest BCUT2D eigenvalue weighted by molar-refractivity contribution is -0.121. The SMILES string of the molecule is Cc1ccc(NC(=O)C2CCN(C(=O)c3ccc4c(c3)C(=O)c3ccccc3-4)CC2)nc1. The summed E-state index contributed by atoms with van der Waals surface area (Å²) in [7, 11) is 0. The predicted octanol–water partition coefficient (Wildman–Crippen LogP) is 4.09. The van der Waals surface area contributed by atoms with Crippen molar-refractivity contribution in [1.82, 2.24) is 9.88 Å². The molecule has 3 aromatic rings. The summed E-state index contributed by atoms with van der Waals surface area (Å²) in [6, 6.07) is 16.6. The van der Waals surface area contributed by atoms with Gasteiger partial charge in [0.05, 0.1) is 0 Å². The van der Waals surface area contributed by atoms with Crippen LogP contribution in [0.3, 0.4) is 0 Å². The molecule has 0 radical (unpaired) electrons. The summed E-state index contributed by atoms with van der Waals surface area (Å²) in [6.07, 6.45) is 2.91. The number of hydrogen-bond donors (Lipinski definition) is 1. The van der Waals surface area contributed by atoms with Crippen molar-refractivity contribution in [2.75, 3.05) is 18.4 Å². The third-order valence-corrected chi connectivity index (χ3v) is 6.29. The average Bonchev–Trinajstić information content (AvgIpc) is 3.12. The molecular weight excluding hydrogens is 402 g/mol. The van der Waals surface area contributed by atoms with Gasteiger partial charge in [-0.1, -0.05) is 36.4 Å². The topological polar surface area (TPSA) is 79.4 Å². The van der Waals surface area contributed by atoms with Gasteiger partial charge in [-0.25, -0.2) is 4.98 Å². The van der Waals surface area contributed by atoms with Crippen molar-refractivity contribution in [3.05, 3.63) is 83.0 Å². The Labute approximate surface area is 186 Å². The Bertz CT molecular complexity index is 1230. The lowest BCUT2D eigenvalue weighted by Gasteiger charge is -2.31. The number of amides is 2. The second-order valence-electron chi connectivity index (χ2n) is 8.41. The molecule has 2 aromatic carbocycles. The van der Waals surface area contributed by atoms with Crippen LogP contribution in [0, 0.1) is 12.8 Å². The van der Waals surface area contributed by atoms with Crippen LogP contribution < -0.4 is 5.32 Å². The molecule has 6 nitrogen and oxygen atoms in total. The zero-order chi connectivity index (χ0) is 22.2. The molecule has 1 aliphatic carbocycles. The van der Waals surface area contributed by atoms with E-state index in [-0.39, 0.29) is 23.5 Å². The maximum absolute atomic E-state index is 13.1. The normalized spacial score (nSPS) is 15.3. The van der Waals surface area contributed by atoms with Crippen molar-refractivity contribution in [2.24, 2.45) is 5.92 Å². The number of nitrogens with one attached hydrogen (secondary N) is 1. The number of carbonyl (C=O) groups is 3. The van der Waals surface area contributed by atoms with Crippen molar-refractivity contribution in [2.45, 2.75) is 19.8 Å². The molecule has 0 bridgehead atoms. The van der Waals surface area contributed by atoms with Crippen LogP contribution in [-0.2, 0) is 4.79 Å². The van der Waals surface area contributed by atoms with Gasteiger partial charge in [-0.2, -0.15) is 0 Å². The first kappa shape index (κ1) is 20.1. The van der Waals surface area contributed by atoms with Crippen molar-refractivity contribution >= 4 is 23.4 Å². The van der Waals surface area contributed by atoms with E-state index in [1.807, 2.05) is 43.3 Å². The molecule has 0 spiro atoms. The fourth-order valence-electron chi connectivity index (χ4n) is 4.46. The maximum atomic E-state index is 13.1. The Kier molecular flexibility index (Phi) is 5.05. The smallest absolute Gasteiger partial charge is 0.253 e. The van der Waals surface area contributed by atoms with Gasteiger partial charge >= 0.3 is 0 Å². The summed E-state index contributed by atoms with van der Waals surface area (Å²) in [4.78, 5) is 44.4. The number of aromatic nitrogens is 1. The van der Waals surface area contributed by atoms with Crippen LogP contribution in [0.15, 0.2) is 60.8 Å². The fourth-order valence-corrected chi connectivity index (χ4v) is 4.46. The molecule has 1 aromatic heterocycles. The molecule has 1 aliphatic heterocycles. The lowest BCUT2D eigenvalue weighted by Crippen LogP contribution is -2.41. The highest BCUT2D eigenvalue weighted by Crippen LogP contribution is 2.37. The van der Waals surface area contributed by atoms with Gasteiger partial charge < -0.3 is 10.2 Å². The summed E-state index contributed by atoms with van der Waals surface area (Å²) in [6.45, 7) is 2.95. The van der Waals surface area contributed by atoms with Gasteiger partial charge in [0.15, 0.2) is 5.78 Å². The number of benzene rings is 2. The van der Waals surface area contributed by atoms with E-state index in [2.05, 4.69) is 10.3 Å². The minimum Gasteiger partial charge on any atom is -0.339 e. The number of carbonyl (C=O) groups excluding carboxylic acids is 3.